The van der Waals surface area contributed by atoms with E-state index in [2.05, 4.69) is 5.32 Å². The normalized spacial score (nSPS) is 12.8. The van der Waals surface area contributed by atoms with Crippen LogP contribution in [-0.4, -0.2) is 39.0 Å². The summed E-state index contributed by atoms with van der Waals surface area (Å²) in [6, 6.07) is 6.58. The van der Waals surface area contributed by atoms with E-state index in [-0.39, 0.29) is 17.8 Å². The van der Waals surface area contributed by atoms with E-state index in [1.54, 1.807) is 38.1 Å². The summed E-state index contributed by atoms with van der Waals surface area (Å²) in [6.07, 6.45) is 1.19. The Kier molecular flexibility index (Phi) is 5.35. The van der Waals surface area contributed by atoms with Crippen molar-refractivity contribution in [2.45, 2.75) is 19.9 Å². The number of rotatable bonds is 6. The third kappa shape index (κ3) is 5.74. The fraction of sp³-hybridized carbons (Fsp3) is 0.462. The van der Waals surface area contributed by atoms with Crippen molar-refractivity contribution in [1.29, 1.82) is 0 Å². The van der Waals surface area contributed by atoms with Gasteiger partial charge in [-0.05, 0) is 32.0 Å². The van der Waals surface area contributed by atoms with Crippen molar-refractivity contribution in [2.24, 2.45) is 0 Å². The first kappa shape index (κ1) is 15.5. The van der Waals surface area contributed by atoms with Crippen LogP contribution in [0, 0.1) is 0 Å². The van der Waals surface area contributed by atoms with Crippen molar-refractivity contribution in [3.05, 3.63) is 29.8 Å². The average Bonchev–Trinajstić information content (AvgIpc) is 2.27. The van der Waals surface area contributed by atoms with Gasteiger partial charge in [0.1, 0.15) is 9.84 Å². The molecule has 0 aliphatic heterocycles. The van der Waals surface area contributed by atoms with Gasteiger partial charge in [0.05, 0.1) is 17.9 Å². The summed E-state index contributed by atoms with van der Waals surface area (Å²) in [5, 5.41) is 3.05. The second-order valence-electron chi connectivity index (χ2n) is 4.44. The van der Waals surface area contributed by atoms with Gasteiger partial charge in [0.2, 0.25) is 0 Å². The Morgan fingerprint density at radius 3 is 2.68 bits per heavy atom. The van der Waals surface area contributed by atoms with Gasteiger partial charge >= 0.3 is 5.97 Å². The third-order valence-electron chi connectivity index (χ3n) is 2.34. The van der Waals surface area contributed by atoms with E-state index in [0.29, 0.717) is 17.9 Å². The summed E-state index contributed by atoms with van der Waals surface area (Å²) in [4.78, 5) is 11.6. The largest absolute Gasteiger partial charge is 0.462 e. The SMILES string of the molecule is CCOC(=O)c1cccc(NC(C)CS(C)(=O)=O)c1. The molecule has 19 heavy (non-hydrogen) atoms. The lowest BCUT2D eigenvalue weighted by atomic mass is 10.2. The molecule has 1 N–H and O–H groups in total. The van der Waals surface area contributed by atoms with Gasteiger partial charge in [-0.1, -0.05) is 6.07 Å². The molecule has 1 aromatic carbocycles. The Bertz CT molecular complexity index is 539. The molecule has 106 valence electrons. The first-order valence-corrected chi connectivity index (χ1v) is 8.09. The Hall–Kier alpha value is -1.56. The van der Waals surface area contributed by atoms with Gasteiger partial charge in [-0.3, -0.25) is 0 Å². The molecule has 5 nitrogen and oxygen atoms in total. The minimum absolute atomic E-state index is 0.0383. The van der Waals surface area contributed by atoms with Crippen LogP contribution in [0.1, 0.15) is 24.2 Å². The smallest absolute Gasteiger partial charge is 0.338 e. The minimum atomic E-state index is -3.03. The van der Waals surface area contributed by atoms with Gasteiger partial charge in [-0.2, -0.15) is 0 Å². The predicted octanol–water partition coefficient (Wildman–Crippen LogP) is 1.71. The minimum Gasteiger partial charge on any atom is -0.462 e. The molecule has 0 saturated heterocycles. The molecule has 0 aliphatic carbocycles. The highest BCUT2D eigenvalue weighted by atomic mass is 32.2. The van der Waals surface area contributed by atoms with Crippen LogP contribution in [0.5, 0.6) is 0 Å². The Labute approximate surface area is 113 Å². The highest BCUT2D eigenvalue weighted by molar-refractivity contribution is 7.90. The molecule has 0 amide bonds. The average molecular weight is 285 g/mol. The molecule has 0 bridgehead atoms. The second-order valence-corrected chi connectivity index (χ2v) is 6.62. The molecule has 1 atom stereocenters. The molecule has 1 aromatic rings. The van der Waals surface area contributed by atoms with Crippen LogP contribution in [-0.2, 0) is 14.6 Å². The first-order valence-electron chi connectivity index (χ1n) is 6.03. The predicted molar refractivity (Wildman–Crippen MR) is 75.2 cm³/mol. The van der Waals surface area contributed by atoms with Crippen LogP contribution >= 0.6 is 0 Å². The van der Waals surface area contributed by atoms with Gasteiger partial charge in [0.15, 0.2) is 0 Å². The summed E-state index contributed by atoms with van der Waals surface area (Å²) in [5.74, 6) is -0.349. The molecule has 6 heteroatoms. The molecule has 0 aliphatic rings. The number of sulfone groups is 1. The first-order chi connectivity index (χ1) is 8.81. The Morgan fingerprint density at radius 2 is 2.11 bits per heavy atom. The highest BCUT2D eigenvalue weighted by Crippen LogP contribution is 2.13. The fourth-order valence-corrected chi connectivity index (χ4v) is 2.72. The van der Waals surface area contributed by atoms with Gasteiger partial charge < -0.3 is 10.1 Å². The van der Waals surface area contributed by atoms with Crippen LogP contribution in [0.2, 0.25) is 0 Å². The van der Waals surface area contributed by atoms with Crippen LogP contribution in [0.3, 0.4) is 0 Å². The number of anilines is 1. The topological polar surface area (TPSA) is 72.5 Å². The Morgan fingerprint density at radius 1 is 1.42 bits per heavy atom. The molecule has 0 spiro atoms. The molecular weight excluding hydrogens is 266 g/mol. The molecule has 0 heterocycles. The molecule has 0 radical (unpaired) electrons. The van der Waals surface area contributed by atoms with Crippen molar-refractivity contribution in [1.82, 2.24) is 0 Å². The van der Waals surface area contributed by atoms with Gasteiger partial charge in [-0.25, -0.2) is 13.2 Å². The number of benzene rings is 1. The molecule has 1 unspecified atom stereocenters. The second kappa shape index (κ2) is 6.56. The van der Waals surface area contributed by atoms with Crippen molar-refractivity contribution in [3.63, 3.8) is 0 Å². The molecule has 0 aromatic heterocycles. The number of hydrogen-bond donors (Lipinski definition) is 1. The van der Waals surface area contributed by atoms with E-state index in [0.717, 1.165) is 0 Å². The number of hydrogen-bond acceptors (Lipinski definition) is 5. The monoisotopic (exact) mass is 285 g/mol. The fourth-order valence-electron chi connectivity index (χ4n) is 1.73. The molecule has 0 fully saturated rings. The van der Waals surface area contributed by atoms with Crippen LogP contribution in [0.15, 0.2) is 24.3 Å². The summed E-state index contributed by atoms with van der Waals surface area (Å²) in [7, 11) is -3.03. The lowest BCUT2D eigenvalue weighted by Gasteiger charge is -2.14. The van der Waals surface area contributed by atoms with E-state index in [4.69, 9.17) is 4.74 Å². The maximum absolute atomic E-state index is 11.6. The number of carbonyl (C=O) groups is 1. The molecule has 1 rings (SSSR count). The van der Waals surface area contributed by atoms with Gasteiger partial charge in [0, 0.05) is 18.0 Å². The van der Waals surface area contributed by atoms with Crippen LogP contribution in [0.25, 0.3) is 0 Å². The van der Waals surface area contributed by atoms with E-state index >= 15 is 0 Å². The molecular formula is C13H19NO4S. The Balaban J connectivity index is 2.74. The summed E-state index contributed by atoms with van der Waals surface area (Å²) in [6.45, 7) is 3.84. The maximum atomic E-state index is 11.6. The number of carbonyl (C=O) groups excluding carboxylic acids is 1. The standard InChI is InChI=1S/C13H19NO4S/c1-4-18-13(15)11-6-5-7-12(8-11)14-10(2)9-19(3,16)17/h5-8,10,14H,4,9H2,1-3H3. The summed E-state index contributed by atoms with van der Waals surface area (Å²) < 4.78 is 27.3. The van der Waals surface area contributed by atoms with Crippen molar-refractivity contribution in [2.75, 3.05) is 23.9 Å². The zero-order valence-corrected chi connectivity index (χ0v) is 12.2. The number of esters is 1. The lowest BCUT2D eigenvalue weighted by molar-refractivity contribution is 0.0526. The lowest BCUT2D eigenvalue weighted by Crippen LogP contribution is -2.25. The van der Waals surface area contributed by atoms with Crippen LogP contribution < -0.4 is 5.32 Å². The van der Waals surface area contributed by atoms with Gasteiger partial charge in [0.25, 0.3) is 0 Å². The third-order valence-corrected chi connectivity index (χ3v) is 3.45. The zero-order valence-electron chi connectivity index (χ0n) is 11.3. The quantitative estimate of drug-likeness (QED) is 0.806. The molecule has 0 saturated carbocycles. The zero-order chi connectivity index (χ0) is 14.5. The van der Waals surface area contributed by atoms with Crippen molar-refractivity contribution in [3.8, 4) is 0 Å². The van der Waals surface area contributed by atoms with Crippen molar-refractivity contribution >= 4 is 21.5 Å². The van der Waals surface area contributed by atoms with E-state index in [1.807, 2.05) is 0 Å². The van der Waals surface area contributed by atoms with Gasteiger partial charge in [-0.15, -0.1) is 0 Å². The van der Waals surface area contributed by atoms with E-state index < -0.39 is 9.84 Å². The number of nitrogens with one attached hydrogen (secondary N) is 1. The number of ether oxygens (including phenoxy) is 1. The summed E-state index contributed by atoms with van der Waals surface area (Å²) >= 11 is 0. The van der Waals surface area contributed by atoms with E-state index in [9.17, 15) is 13.2 Å². The highest BCUT2D eigenvalue weighted by Gasteiger charge is 2.11. The van der Waals surface area contributed by atoms with Crippen molar-refractivity contribution < 1.29 is 17.9 Å². The van der Waals surface area contributed by atoms with Crippen LogP contribution in [0.4, 0.5) is 5.69 Å². The van der Waals surface area contributed by atoms with E-state index in [1.165, 1.54) is 6.26 Å². The maximum Gasteiger partial charge on any atom is 0.338 e. The summed E-state index contributed by atoms with van der Waals surface area (Å²) in [5.41, 5.74) is 1.14.